The van der Waals surface area contributed by atoms with Crippen molar-refractivity contribution in [3.05, 3.63) is 51.8 Å². The summed E-state index contributed by atoms with van der Waals surface area (Å²) in [6.45, 7) is 1.47. The molecule has 0 aliphatic rings. The van der Waals surface area contributed by atoms with Crippen LogP contribution < -0.4 is 5.32 Å². The molecule has 1 N–H and O–H groups in total. The van der Waals surface area contributed by atoms with Crippen LogP contribution in [0.25, 0.3) is 0 Å². The van der Waals surface area contributed by atoms with Crippen LogP contribution in [0.15, 0.2) is 30.6 Å². The molecule has 17 heavy (non-hydrogen) atoms. The predicted octanol–water partition coefficient (Wildman–Crippen LogP) is 2.96. The maximum atomic E-state index is 6.11. The number of hydrogen-bond donors (Lipinski definition) is 1. The molecule has 0 atom stereocenters. The summed E-state index contributed by atoms with van der Waals surface area (Å²) in [6.07, 6.45) is 3.85. The molecule has 1 aromatic heterocycles. The zero-order chi connectivity index (χ0) is 12.3. The van der Waals surface area contributed by atoms with E-state index < -0.39 is 0 Å². The molecule has 0 aliphatic heterocycles. The van der Waals surface area contributed by atoms with Crippen molar-refractivity contribution >= 4 is 23.2 Å². The van der Waals surface area contributed by atoms with Crippen LogP contribution in [-0.4, -0.2) is 16.8 Å². The number of halogens is 2. The van der Waals surface area contributed by atoms with Crippen molar-refractivity contribution in [2.24, 2.45) is 0 Å². The molecule has 3 nitrogen and oxygen atoms in total. The van der Waals surface area contributed by atoms with E-state index in [1.807, 2.05) is 36.3 Å². The topological polar surface area (TPSA) is 29.9 Å². The van der Waals surface area contributed by atoms with Gasteiger partial charge in [0.1, 0.15) is 0 Å². The van der Waals surface area contributed by atoms with E-state index in [1.165, 1.54) is 0 Å². The third kappa shape index (κ3) is 3.22. The Morgan fingerprint density at radius 3 is 2.88 bits per heavy atom. The number of hydrogen-bond acceptors (Lipinski definition) is 2. The summed E-state index contributed by atoms with van der Waals surface area (Å²) in [5, 5.41) is 8.68. The summed E-state index contributed by atoms with van der Waals surface area (Å²) in [7, 11) is 1.91. The second kappa shape index (κ2) is 5.54. The van der Waals surface area contributed by atoms with Gasteiger partial charge in [-0.2, -0.15) is 5.10 Å². The van der Waals surface area contributed by atoms with Gasteiger partial charge in [0.15, 0.2) is 0 Å². The van der Waals surface area contributed by atoms with Gasteiger partial charge >= 0.3 is 0 Å². The minimum absolute atomic E-state index is 0.648. The number of nitrogens with one attached hydrogen (secondary N) is 1. The second-order valence-corrected chi connectivity index (χ2v) is 4.66. The second-order valence-electron chi connectivity index (χ2n) is 3.81. The molecule has 0 bridgehead atoms. The number of aromatic nitrogens is 2. The highest BCUT2D eigenvalue weighted by Crippen LogP contribution is 2.21. The van der Waals surface area contributed by atoms with Crippen molar-refractivity contribution in [1.29, 1.82) is 0 Å². The lowest BCUT2D eigenvalue weighted by molar-refractivity contribution is 0.685. The Balaban J connectivity index is 2.13. The smallest absolute Gasteiger partial charge is 0.0674 e. The Morgan fingerprint density at radius 1 is 1.35 bits per heavy atom. The summed E-state index contributed by atoms with van der Waals surface area (Å²) in [6, 6.07) is 5.50. The van der Waals surface area contributed by atoms with Crippen LogP contribution in [0.3, 0.4) is 0 Å². The molecule has 0 aliphatic carbocycles. The van der Waals surface area contributed by atoms with Gasteiger partial charge in [-0.05, 0) is 24.7 Å². The summed E-state index contributed by atoms with van der Waals surface area (Å²) in [5.74, 6) is 0. The molecule has 0 radical (unpaired) electrons. The third-order valence-electron chi connectivity index (χ3n) is 2.42. The molecule has 0 saturated heterocycles. The van der Waals surface area contributed by atoms with Crippen molar-refractivity contribution in [1.82, 2.24) is 15.1 Å². The molecule has 0 amide bonds. The van der Waals surface area contributed by atoms with Crippen LogP contribution in [0, 0.1) is 0 Å². The fourth-order valence-electron chi connectivity index (χ4n) is 1.61. The van der Waals surface area contributed by atoms with E-state index in [0.717, 1.165) is 17.7 Å². The van der Waals surface area contributed by atoms with Crippen molar-refractivity contribution in [2.45, 2.75) is 13.1 Å². The molecule has 2 rings (SSSR count). The Bertz CT molecular complexity index is 508. The number of nitrogens with zero attached hydrogens (tertiary/aromatic N) is 2. The summed E-state index contributed by atoms with van der Waals surface area (Å²) >= 11 is 12.0. The van der Waals surface area contributed by atoms with Gasteiger partial charge in [0.25, 0.3) is 0 Å². The van der Waals surface area contributed by atoms with Crippen LogP contribution in [0.1, 0.15) is 11.1 Å². The van der Waals surface area contributed by atoms with Crippen molar-refractivity contribution in [3.8, 4) is 0 Å². The first-order valence-electron chi connectivity index (χ1n) is 5.29. The fourth-order valence-corrected chi connectivity index (χ4v) is 2.08. The molecule has 0 saturated carbocycles. The van der Waals surface area contributed by atoms with Crippen LogP contribution in [0.5, 0.6) is 0 Å². The molecular weight excluding hydrogens is 257 g/mol. The average Bonchev–Trinajstić information content (AvgIpc) is 2.71. The highest BCUT2D eigenvalue weighted by atomic mass is 35.5. The highest BCUT2D eigenvalue weighted by molar-refractivity contribution is 6.35. The first-order valence-corrected chi connectivity index (χ1v) is 6.04. The van der Waals surface area contributed by atoms with Crippen molar-refractivity contribution in [2.75, 3.05) is 7.05 Å². The molecule has 0 spiro atoms. The van der Waals surface area contributed by atoms with Gasteiger partial charge in [-0.15, -0.1) is 0 Å². The van der Waals surface area contributed by atoms with Gasteiger partial charge < -0.3 is 5.32 Å². The lowest BCUT2D eigenvalue weighted by Crippen LogP contribution is -2.04. The monoisotopic (exact) mass is 269 g/mol. The molecule has 1 heterocycles. The van der Waals surface area contributed by atoms with E-state index in [9.17, 15) is 0 Å². The fraction of sp³-hybridized carbons (Fsp3) is 0.250. The van der Waals surface area contributed by atoms with E-state index in [4.69, 9.17) is 23.2 Å². The lowest BCUT2D eigenvalue weighted by Gasteiger charge is -2.04. The first kappa shape index (κ1) is 12.4. The number of rotatable bonds is 4. The molecular formula is C12H13Cl2N3. The van der Waals surface area contributed by atoms with Crippen LogP contribution in [0.4, 0.5) is 0 Å². The van der Waals surface area contributed by atoms with Gasteiger partial charge in [0.2, 0.25) is 0 Å². The molecule has 5 heteroatoms. The van der Waals surface area contributed by atoms with Gasteiger partial charge in [-0.1, -0.05) is 29.3 Å². The Morgan fingerprint density at radius 2 is 2.18 bits per heavy atom. The van der Waals surface area contributed by atoms with Crippen LogP contribution in [0.2, 0.25) is 10.0 Å². The molecule has 0 unspecified atom stereocenters. The maximum Gasteiger partial charge on any atom is 0.0674 e. The SMILES string of the molecule is CNCc1cnn(Cc2ccc(Cl)cc2Cl)c1. The third-order valence-corrected chi connectivity index (χ3v) is 3.00. The quantitative estimate of drug-likeness (QED) is 0.925. The summed E-state index contributed by atoms with van der Waals surface area (Å²) in [5.41, 5.74) is 2.16. The Labute approximate surface area is 110 Å². The minimum atomic E-state index is 0.648. The standard InChI is InChI=1S/C12H13Cl2N3/c1-15-5-9-6-16-17(7-9)8-10-2-3-11(13)4-12(10)14/h2-4,6-7,15H,5,8H2,1H3. The zero-order valence-electron chi connectivity index (χ0n) is 9.45. The first-order chi connectivity index (χ1) is 8.19. The molecule has 90 valence electrons. The van der Waals surface area contributed by atoms with E-state index >= 15 is 0 Å². The van der Waals surface area contributed by atoms with Gasteiger partial charge in [-0.25, -0.2) is 0 Å². The predicted molar refractivity (Wildman–Crippen MR) is 70.6 cm³/mol. The highest BCUT2D eigenvalue weighted by Gasteiger charge is 2.03. The molecule has 0 fully saturated rings. The Hall–Kier alpha value is -1.03. The normalized spacial score (nSPS) is 10.8. The van der Waals surface area contributed by atoms with Gasteiger partial charge in [0.05, 0.1) is 12.7 Å². The largest absolute Gasteiger partial charge is 0.316 e. The van der Waals surface area contributed by atoms with E-state index in [2.05, 4.69) is 10.4 Å². The molecule has 2 aromatic rings. The van der Waals surface area contributed by atoms with E-state index in [0.29, 0.717) is 16.6 Å². The average molecular weight is 270 g/mol. The van der Waals surface area contributed by atoms with E-state index in [1.54, 1.807) is 6.07 Å². The molecule has 1 aromatic carbocycles. The minimum Gasteiger partial charge on any atom is -0.316 e. The van der Waals surface area contributed by atoms with E-state index in [-0.39, 0.29) is 0 Å². The van der Waals surface area contributed by atoms with Crippen molar-refractivity contribution in [3.63, 3.8) is 0 Å². The summed E-state index contributed by atoms with van der Waals surface area (Å²) < 4.78 is 1.86. The van der Waals surface area contributed by atoms with Gasteiger partial charge in [-0.3, -0.25) is 4.68 Å². The Kier molecular flexibility index (Phi) is 4.05. The summed E-state index contributed by atoms with van der Waals surface area (Å²) in [4.78, 5) is 0. The van der Waals surface area contributed by atoms with Gasteiger partial charge in [0, 0.05) is 28.4 Å². The van der Waals surface area contributed by atoms with Crippen molar-refractivity contribution < 1.29 is 0 Å². The maximum absolute atomic E-state index is 6.11. The lowest BCUT2D eigenvalue weighted by atomic mass is 10.2. The van der Waals surface area contributed by atoms with Crippen LogP contribution >= 0.6 is 23.2 Å². The zero-order valence-corrected chi connectivity index (χ0v) is 11.0. The van der Waals surface area contributed by atoms with Crippen LogP contribution in [-0.2, 0) is 13.1 Å². The number of benzene rings is 1.